The lowest BCUT2D eigenvalue weighted by molar-refractivity contribution is -0.138. The van der Waals surface area contributed by atoms with E-state index in [2.05, 4.69) is 30.9 Å². The largest absolute Gasteiger partial charge is 0.454 e. The van der Waals surface area contributed by atoms with Crippen molar-refractivity contribution in [3.63, 3.8) is 0 Å². The van der Waals surface area contributed by atoms with Crippen LogP contribution in [0.3, 0.4) is 0 Å². The normalized spacial score (nSPS) is 20.2. The predicted octanol–water partition coefficient (Wildman–Crippen LogP) is 3.57. The van der Waals surface area contributed by atoms with E-state index in [1.54, 1.807) is 0 Å². The number of fused-ring (bicyclic) bond motifs is 1. The topological polar surface area (TPSA) is 68.3 Å². The number of benzene rings is 1. The Morgan fingerprint density at radius 3 is 2.87 bits per heavy atom. The summed E-state index contributed by atoms with van der Waals surface area (Å²) < 4.78 is 16.6. The Labute approximate surface area is 185 Å². The van der Waals surface area contributed by atoms with Crippen LogP contribution >= 0.6 is 0 Å². The zero-order valence-electron chi connectivity index (χ0n) is 18.9. The molecule has 2 atom stereocenters. The van der Waals surface area contributed by atoms with Gasteiger partial charge in [0.15, 0.2) is 11.5 Å². The van der Waals surface area contributed by atoms with Gasteiger partial charge in [0, 0.05) is 32.2 Å². The van der Waals surface area contributed by atoms with Crippen LogP contribution in [0.5, 0.6) is 11.5 Å². The highest BCUT2D eigenvalue weighted by Gasteiger charge is 2.35. The molecule has 7 nitrogen and oxygen atoms in total. The molecule has 2 aliphatic heterocycles. The van der Waals surface area contributed by atoms with Crippen molar-refractivity contribution in [3.8, 4) is 11.5 Å². The Hall–Kier alpha value is -2.12. The fourth-order valence-corrected chi connectivity index (χ4v) is 4.45. The summed E-state index contributed by atoms with van der Waals surface area (Å²) in [6.45, 7) is 7.36. The molecule has 1 amide bonds. The second-order valence-electron chi connectivity index (χ2n) is 8.42. The molecule has 7 heteroatoms. The number of nitrogens with zero attached hydrogens (tertiary/aromatic N) is 2. The fourth-order valence-electron chi connectivity index (χ4n) is 4.45. The van der Waals surface area contributed by atoms with Crippen molar-refractivity contribution in [1.82, 2.24) is 9.80 Å². The summed E-state index contributed by atoms with van der Waals surface area (Å²) >= 11 is 0. The van der Waals surface area contributed by atoms with Gasteiger partial charge in [0.25, 0.3) is 0 Å². The SMILES string of the molecule is CCCOCN(CCC)C(=O)CN1CC(c2ccc3c(c2)OCO3)CC1CCCC=O. The van der Waals surface area contributed by atoms with Crippen molar-refractivity contribution in [2.75, 3.05) is 39.8 Å². The van der Waals surface area contributed by atoms with Gasteiger partial charge in [0.1, 0.15) is 13.0 Å². The average Bonchev–Trinajstić information content (AvgIpc) is 3.40. The molecule has 1 aromatic carbocycles. The van der Waals surface area contributed by atoms with Crippen molar-refractivity contribution < 1.29 is 23.8 Å². The van der Waals surface area contributed by atoms with Gasteiger partial charge in [-0.1, -0.05) is 19.9 Å². The number of unbranched alkanes of at least 4 members (excludes halogenated alkanes) is 1. The van der Waals surface area contributed by atoms with Gasteiger partial charge in [0.05, 0.1) is 6.54 Å². The Morgan fingerprint density at radius 1 is 1.26 bits per heavy atom. The quantitative estimate of drug-likeness (QED) is 0.270. The van der Waals surface area contributed by atoms with Crippen LogP contribution in [0.4, 0.5) is 0 Å². The van der Waals surface area contributed by atoms with Gasteiger partial charge < -0.3 is 23.9 Å². The number of hydrogen-bond acceptors (Lipinski definition) is 6. The highest BCUT2D eigenvalue weighted by molar-refractivity contribution is 5.78. The molecule has 0 aliphatic carbocycles. The van der Waals surface area contributed by atoms with Crippen LogP contribution in [0.1, 0.15) is 63.9 Å². The van der Waals surface area contributed by atoms with E-state index in [1.165, 1.54) is 5.56 Å². The molecule has 0 saturated carbocycles. The van der Waals surface area contributed by atoms with Crippen molar-refractivity contribution in [2.24, 2.45) is 0 Å². The number of carbonyl (C=O) groups excluding carboxylic acids is 2. The van der Waals surface area contributed by atoms with Gasteiger partial charge in [-0.2, -0.15) is 0 Å². The lowest BCUT2D eigenvalue weighted by Crippen LogP contribution is -2.43. The van der Waals surface area contributed by atoms with Crippen molar-refractivity contribution >= 4 is 12.2 Å². The first kappa shape index (κ1) is 23.5. The number of likely N-dealkylation sites (tertiary alicyclic amines) is 1. The maximum atomic E-state index is 13.1. The van der Waals surface area contributed by atoms with E-state index in [1.807, 2.05) is 11.0 Å². The molecule has 172 valence electrons. The number of hydrogen-bond donors (Lipinski definition) is 0. The van der Waals surface area contributed by atoms with Crippen molar-refractivity contribution in [3.05, 3.63) is 23.8 Å². The zero-order valence-corrected chi connectivity index (χ0v) is 18.9. The molecule has 31 heavy (non-hydrogen) atoms. The first-order valence-electron chi connectivity index (χ1n) is 11.6. The van der Waals surface area contributed by atoms with Gasteiger partial charge in [0.2, 0.25) is 12.7 Å². The molecule has 0 radical (unpaired) electrons. The molecule has 0 aromatic heterocycles. The van der Waals surface area contributed by atoms with Crippen LogP contribution in [-0.2, 0) is 14.3 Å². The van der Waals surface area contributed by atoms with Crippen molar-refractivity contribution in [2.45, 2.75) is 64.3 Å². The molecule has 1 aromatic rings. The van der Waals surface area contributed by atoms with E-state index in [0.717, 1.165) is 56.4 Å². The first-order valence-corrected chi connectivity index (χ1v) is 11.6. The molecule has 2 unspecified atom stereocenters. The van der Waals surface area contributed by atoms with E-state index < -0.39 is 0 Å². The van der Waals surface area contributed by atoms with Gasteiger partial charge in [-0.15, -0.1) is 0 Å². The number of ether oxygens (including phenoxy) is 3. The Morgan fingerprint density at radius 2 is 2.10 bits per heavy atom. The van der Waals surface area contributed by atoms with Crippen LogP contribution in [0.25, 0.3) is 0 Å². The average molecular weight is 433 g/mol. The summed E-state index contributed by atoms with van der Waals surface area (Å²) in [7, 11) is 0. The van der Waals surface area contributed by atoms with Gasteiger partial charge in [-0.05, 0) is 55.7 Å². The third-order valence-electron chi connectivity index (χ3n) is 6.04. The van der Waals surface area contributed by atoms with E-state index in [0.29, 0.717) is 44.8 Å². The minimum atomic E-state index is 0.115. The van der Waals surface area contributed by atoms with Gasteiger partial charge in [-0.25, -0.2) is 0 Å². The number of carbonyl (C=O) groups is 2. The first-order chi connectivity index (χ1) is 15.2. The van der Waals surface area contributed by atoms with E-state index in [4.69, 9.17) is 14.2 Å². The number of aldehydes is 1. The van der Waals surface area contributed by atoms with Crippen LogP contribution in [0.15, 0.2) is 18.2 Å². The minimum absolute atomic E-state index is 0.115. The zero-order chi connectivity index (χ0) is 22.1. The maximum absolute atomic E-state index is 13.1. The van der Waals surface area contributed by atoms with Crippen LogP contribution in [-0.4, -0.2) is 67.8 Å². The highest BCUT2D eigenvalue weighted by atomic mass is 16.7. The van der Waals surface area contributed by atoms with E-state index >= 15 is 0 Å². The molecule has 0 bridgehead atoms. The third-order valence-corrected chi connectivity index (χ3v) is 6.04. The summed E-state index contributed by atoms with van der Waals surface area (Å²) in [5.74, 6) is 2.04. The van der Waals surface area contributed by atoms with Gasteiger partial charge >= 0.3 is 0 Å². The third kappa shape index (κ3) is 6.43. The fraction of sp³-hybridized carbons (Fsp3) is 0.667. The highest BCUT2D eigenvalue weighted by Crippen LogP contribution is 2.39. The molecule has 2 aliphatic rings. The number of rotatable bonds is 13. The molecular weight excluding hydrogens is 396 g/mol. The lowest BCUT2D eigenvalue weighted by Gasteiger charge is -2.28. The molecular formula is C24H36N2O5. The van der Waals surface area contributed by atoms with E-state index in [-0.39, 0.29) is 12.7 Å². The monoisotopic (exact) mass is 432 g/mol. The predicted molar refractivity (Wildman–Crippen MR) is 118 cm³/mol. The van der Waals surface area contributed by atoms with Crippen LogP contribution in [0, 0.1) is 0 Å². The smallest absolute Gasteiger partial charge is 0.238 e. The summed E-state index contributed by atoms with van der Waals surface area (Å²) in [5, 5.41) is 0. The lowest BCUT2D eigenvalue weighted by atomic mass is 9.94. The van der Waals surface area contributed by atoms with E-state index in [9.17, 15) is 9.59 Å². The molecule has 2 heterocycles. The second-order valence-corrected chi connectivity index (χ2v) is 8.42. The molecule has 0 spiro atoms. The molecule has 3 rings (SSSR count). The standard InChI is InChI=1S/C24H36N2O5/c1-3-10-25(17-29-12-4-2)24(28)16-26-15-20(13-21(26)7-5-6-11-27)19-8-9-22-23(14-19)31-18-30-22/h8-9,11,14,20-21H,3-7,10,12-13,15-18H2,1-2H3. The second kappa shape index (κ2) is 12.1. The van der Waals surface area contributed by atoms with Crippen LogP contribution in [0.2, 0.25) is 0 Å². The minimum Gasteiger partial charge on any atom is -0.454 e. The Kier molecular flexibility index (Phi) is 9.15. The van der Waals surface area contributed by atoms with Crippen molar-refractivity contribution in [1.29, 1.82) is 0 Å². The summed E-state index contributed by atoms with van der Waals surface area (Å²) in [6, 6.07) is 6.44. The maximum Gasteiger partial charge on any atom is 0.238 e. The number of amides is 1. The molecule has 1 saturated heterocycles. The summed E-state index contributed by atoms with van der Waals surface area (Å²) in [6.07, 6.45) is 6.15. The Balaban J connectivity index is 1.66. The summed E-state index contributed by atoms with van der Waals surface area (Å²) in [5.41, 5.74) is 1.22. The Bertz CT molecular complexity index is 726. The molecule has 0 N–H and O–H groups in total. The molecule has 1 fully saturated rings. The van der Waals surface area contributed by atoms with Crippen LogP contribution < -0.4 is 9.47 Å². The van der Waals surface area contributed by atoms with Gasteiger partial charge in [-0.3, -0.25) is 9.69 Å². The summed E-state index contributed by atoms with van der Waals surface area (Å²) in [4.78, 5) is 28.0.